The molecule has 26 nitrogen and oxygen atoms in total. The minimum Gasteiger partial charge on any atom is -0.480 e. The number of aromatic amines is 2. The molecule has 1 aromatic carbocycles. The van der Waals surface area contributed by atoms with Crippen molar-refractivity contribution < 1.29 is 58.2 Å². The number of aromatic nitrogens is 4. The van der Waals surface area contributed by atoms with Crippen LogP contribution in [0.15, 0.2) is 59.3 Å². The van der Waals surface area contributed by atoms with Gasteiger partial charge in [0.05, 0.1) is 51.9 Å². The van der Waals surface area contributed by atoms with Crippen LogP contribution in [-0.4, -0.2) is 166 Å². The van der Waals surface area contributed by atoms with E-state index in [4.69, 9.17) is 0 Å². The Balaban J connectivity index is 1.04. The van der Waals surface area contributed by atoms with Crippen LogP contribution in [0, 0.1) is 0 Å². The summed E-state index contributed by atoms with van der Waals surface area (Å²) in [4.78, 5) is 142. The van der Waals surface area contributed by atoms with E-state index < -0.39 is 85.6 Å². The monoisotopic (exact) mass is 1140 g/mol. The van der Waals surface area contributed by atoms with Crippen LogP contribution in [0.3, 0.4) is 0 Å². The normalized spacial score (nSPS) is 11.8. The van der Waals surface area contributed by atoms with Crippen LogP contribution in [0.5, 0.6) is 0 Å². The number of aliphatic carboxylic acids is 2. The summed E-state index contributed by atoms with van der Waals surface area (Å²) in [6.45, 7) is -0.749. The van der Waals surface area contributed by atoms with E-state index in [9.17, 15) is 58.2 Å². The number of aliphatic imine (C=N–C) groups is 2. The van der Waals surface area contributed by atoms with Gasteiger partial charge in [-0.2, -0.15) is 0 Å². The Kier molecular flexibility index (Phi) is 35.3. The van der Waals surface area contributed by atoms with Gasteiger partial charge in [-0.05, 0) is 36.8 Å². The number of unbranched alkanes of at least 4 members (excludes halogenated alkanes) is 16. The molecule has 2 aromatic heterocycles. The number of imidazole rings is 2. The number of amides is 8. The number of carbonyl (C=O) groups excluding carboxylic acids is 8. The van der Waals surface area contributed by atoms with Gasteiger partial charge in [-0.25, -0.2) is 19.6 Å². The molecular weight excluding hydrogens is 1060 g/mol. The van der Waals surface area contributed by atoms with Crippen molar-refractivity contribution in [3.63, 3.8) is 0 Å². The molecule has 2 unspecified atom stereocenters. The van der Waals surface area contributed by atoms with Gasteiger partial charge >= 0.3 is 11.9 Å². The maximum atomic E-state index is 12.2. The zero-order chi connectivity index (χ0) is 59.4. The van der Waals surface area contributed by atoms with Crippen molar-refractivity contribution in [2.24, 2.45) is 9.98 Å². The Morgan fingerprint density at radius 1 is 0.402 bits per heavy atom. The van der Waals surface area contributed by atoms with Crippen molar-refractivity contribution in [2.75, 3.05) is 52.4 Å². The number of carbonyl (C=O) groups is 10. The number of nitrogens with one attached hydrogen (secondary N) is 10. The lowest BCUT2D eigenvalue weighted by Gasteiger charge is -2.14. The minimum absolute atomic E-state index is 0.0125. The van der Waals surface area contributed by atoms with Crippen molar-refractivity contribution in [3.05, 3.63) is 71.8 Å². The van der Waals surface area contributed by atoms with Crippen molar-refractivity contribution in [1.82, 2.24) is 62.5 Å². The Morgan fingerprint density at radius 3 is 0.976 bits per heavy atom. The smallest absolute Gasteiger partial charge is 0.326 e. The van der Waals surface area contributed by atoms with Gasteiger partial charge in [0.2, 0.25) is 47.3 Å². The van der Waals surface area contributed by atoms with E-state index in [1.165, 1.54) is 25.0 Å². The van der Waals surface area contributed by atoms with E-state index in [1.54, 1.807) is 0 Å². The quantitative estimate of drug-likeness (QED) is 0.0285. The SMILES string of the molecule is O=C(CCCCCCCCCCCN=Cc1ccc(C=NCCCCCCCCCCCC(=O)NCC(=O)NCC(=O)NCC(=O)NC(Cc2cnc[nH]2)C(=O)O)cc1)NCC(=O)NCC(=O)NCC(=O)NC(Cc1cnc[nH]1)C(=O)O. The van der Waals surface area contributed by atoms with Crippen LogP contribution < -0.4 is 42.5 Å². The van der Waals surface area contributed by atoms with Gasteiger partial charge < -0.3 is 62.7 Å². The van der Waals surface area contributed by atoms with E-state index in [0.717, 1.165) is 140 Å². The predicted octanol–water partition coefficient (Wildman–Crippen LogP) is 2.09. The van der Waals surface area contributed by atoms with Gasteiger partial charge in [0.15, 0.2) is 0 Å². The zero-order valence-electron chi connectivity index (χ0n) is 46.9. The third-order valence-corrected chi connectivity index (χ3v) is 12.7. The molecule has 0 aliphatic rings. The van der Waals surface area contributed by atoms with Gasteiger partial charge in [-0.3, -0.25) is 48.3 Å². The number of H-pyrrole nitrogens is 2. The Morgan fingerprint density at radius 2 is 0.683 bits per heavy atom. The lowest BCUT2D eigenvalue weighted by molar-refractivity contribution is -0.142. The fourth-order valence-corrected chi connectivity index (χ4v) is 8.08. The maximum Gasteiger partial charge on any atom is 0.326 e. The second-order valence-electron chi connectivity index (χ2n) is 19.7. The van der Waals surface area contributed by atoms with E-state index in [0.29, 0.717) is 24.2 Å². The first-order valence-electron chi connectivity index (χ1n) is 28.4. The lowest BCUT2D eigenvalue weighted by Crippen LogP contribution is -2.48. The van der Waals surface area contributed by atoms with Gasteiger partial charge in [-0.15, -0.1) is 0 Å². The summed E-state index contributed by atoms with van der Waals surface area (Å²) in [6, 6.07) is 5.78. The standard InChI is InChI=1S/C56H84N14O12/c71-47(61-33-49(73)63-35-51(75)65-37-53(77)69-45(55(79)80)27-43-31-59-39-67-43)19-15-11-7-3-1-5-9-13-17-25-57-29-41-21-23-42(24-22-41)30-58-26-18-14-10-6-2-4-8-12-16-20-48(72)62-34-50(74)64-36-52(76)66-38-54(78)70-46(56(81)82)28-44-32-60-40-68-44/h21-24,29-32,39-40,45-46H,1-20,25-28,33-38H2,(H,59,67)(H,60,68)(H,61,71)(H,62,72)(H,63,73)(H,64,74)(H,65,75)(H,66,76)(H,69,77)(H,70,78)(H,79,80)(H,81,82). The third kappa shape index (κ3) is 34.6. The molecule has 82 heavy (non-hydrogen) atoms. The molecule has 0 aliphatic heterocycles. The number of carboxylic acid groups (broad SMARTS) is 2. The lowest BCUT2D eigenvalue weighted by atomic mass is 10.1. The highest BCUT2D eigenvalue weighted by Gasteiger charge is 2.23. The van der Waals surface area contributed by atoms with E-state index in [-0.39, 0.29) is 37.7 Å². The molecule has 0 spiro atoms. The first-order valence-corrected chi connectivity index (χ1v) is 28.4. The first kappa shape index (κ1) is 68.0. The number of nitrogens with zero attached hydrogens (tertiary/aromatic N) is 4. The molecule has 12 N–H and O–H groups in total. The topological polar surface area (TPSA) is 389 Å². The highest BCUT2D eigenvalue weighted by Crippen LogP contribution is 2.13. The highest BCUT2D eigenvalue weighted by atomic mass is 16.4. The van der Waals surface area contributed by atoms with Crippen LogP contribution in [-0.2, 0) is 60.8 Å². The maximum absolute atomic E-state index is 12.2. The number of hydrogen-bond donors (Lipinski definition) is 12. The van der Waals surface area contributed by atoms with Gasteiger partial charge in [0.25, 0.3) is 0 Å². The molecule has 26 heteroatoms. The summed E-state index contributed by atoms with van der Waals surface area (Å²) in [6.07, 6.45) is 28.9. The van der Waals surface area contributed by atoms with Crippen LogP contribution >= 0.6 is 0 Å². The average molecular weight is 1150 g/mol. The summed E-state index contributed by atoms with van der Waals surface area (Å²) < 4.78 is 0. The largest absolute Gasteiger partial charge is 0.480 e. The molecule has 0 saturated carbocycles. The number of carboxylic acids is 2. The zero-order valence-corrected chi connectivity index (χ0v) is 46.9. The third-order valence-electron chi connectivity index (χ3n) is 12.7. The minimum atomic E-state index is -1.24. The highest BCUT2D eigenvalue weighted by molar-refractivity contribution is 5.92. The average Bonchev–Trinajstić information content (AvgIpc) is 4.19. The molecule has 3 aromatic rings. The Labute approximate surface area is 478 Å². The number of hydrogen-bond acceptors (Lipinski definition) is 14. The van der Waals surface area contributed by atoms with E-state index >= 15 is 0 Å². The Hall–Kier alpha value is -8.32. The van der Waals surface area contributed by atoms with Gasteiger partial charge in [-0.1, -0.05) is 114 Å². The van der Waals surface area contributed by atoms with Gasteiger partial charge in [0.1, 0.15) is 12.1 Å². The molecule has 0 aliphatic carbocycles. The van der Waals surface area contributed by atoms with Crippen LogP contribution in [0.25, 0.3) is 0 Å². The fraction of sp³-hybridized carbons (Fsp3) is 0.571. The molecule has 450 valence electrons. The van der Waals surface area contributed by atoms with E-state index in [2.05, 4.69) is 96.7 Å². The fourth-order valence-electron chi connectivity index (χ4n) is 8.08. The van der Waals surface area contributed by atoms with Crippen molar-refractivity contribution >= 4 is 71.6 Å². The molecule has 0 fully saturated rings. The van der Waals surface area contributed by atoms with Crippen LogP contribution in [0.2, 0.25) is 0 Å². The summed E-state index contributed by atoms with van der Waals surface area (Å²) in [7, 11) is 0. The molecule has 0 bridgehead atoms. The van der Waals surface area contributed by atoms with Crippen LogP contribution in [0.4, 0.5) is 0 Å². The van der Waals surface area contributed by atoms with Crippen molar-refractivity contribution in [1.29, 1.82) is 0 Å². The molecule has 2 heterocycles. The van der Waals surface area contributed by atoms with Crippen molar-refractivity contribution in [2.45, 2.75) is 153 Å². The molecule has 2 atom stereocenters. The van der Waals surface area contributed by atoms with Gasteiger partial charge in [0, 0.05) is 75.0 Å². The summed E-state index contributed by atoms with van der Waals surface area (Å²) in [5.74, 6) is -6.81. The van der Waals surface area contributed by atoms with Crippen LogP contribution in [0.1, 0.15) is 151 Å². The summed E-state index contributed by atoms with van der Waals surface area (Å²) >= 11 is 0. The molecular formula is C56H84N14O12. The summed E-state index contributed by atoms with van der Waals surface area (Å²) in [5.41, 5.74) is 3.16. The molecule has 0 radical (unpaired) electrons. The first-order chi connectivity index (χ1) is 39.7. The van der Waals surface area contributed by atoms with E-state index in [1.807, 2.05) is 12.4 Å². The second-order valence-corrected chi connectivity index (χ2v) is 19.7. The number of benzene rings is 1. The Bertz CT molecular complexity index is 2280. The summed E-state index contributed by atoms with van der Waals surface area (Å²) in [5, 5.41) is 37.8. The van der Waals surface area contributed by atoms with Crippen molar-refractivity contribution in [3.8, 4) is 0 Å². The molecule has 8 amide bonds. The predicted molar refractivity (Wildman–Crippen MR) is 305 cm³/mol. The molecule has 3 rings (SSSR count). The second kappa shape index (κ2) is 42.6. The number of rotatable bonds is 46. The molecule has 0 saturated heterocycles.